The zero-order chi connectivity index (χ0) is 13.0. The van der Waals surface area contributed by atoms with Crippen molar-refractivity contribution in [2.75, 3.05) is 25.1 Å². The number of hydrogen-bond donors (Lipinski definition) is 1. The Morgan fingerprint density at radius 1 is 1.50 bits per heavy atom. The maximum Gasteiger partial charge on any atom is 0.185 e. The van der Waals surface area contributed by atoms with Crippen LogP contribution < -0.4 is 10.6 Å². The molecule has 0 aromatic carbocycles. The lowest BCUT2D eigenvalue weighted by atomic mass is 10.3. The molecule has 0 bridgehead atoms. The maximum atomic E-state index is 5.78. The van der Waals surface area contributed by atoms with Crippen LogP contribution in [0.15, 0.2) is 0 Å². The van der Waals surface area contributed by atoms with Crippen LogP contribution in [0, 0.1) is 5.92 Å². The molecule has 1 heterocycles. The second-order valence-corrected chi connectivity index (χ2v) is 5.95. The summed E-state index contributed by atoms with van der Waals surface area (Å²) in [6, 6.07) is 0. The van der Waals surface area contributed by atoms with Gasteiger partial charge in [0, 0.05) is 31.6 Å². The smallest absolute Gasteiger partial charge is 0.185 e. The minimum absolute atomic E-state index is 0.555. The third kappa shape index (κ3) is 3.43. The lowest BCUT2D eigenvalue weighted by molar-refractivity contribution is 0.181. The normalized spacial score (nSPS) is 15.1. The number of aromatic nitrogens is 1. The highest BCUT2D eigenvalue weighted by Gasteiger charge is 2.26. The molecule has 0 spiro atoms. The van der Waals surface area contributed by atoms with Gasteiger partial charge in [0.2, 0.25) is 0 Å². The first-order valence-corrected chi connectivity index (χ1v) is 7.52. The van der Waals surface area contributed by atoms with E-state index in [9.17, 15) is 0 Å². The van der Waals surface area contributed by atoms with Crippen LogP contribution in [0.25, 0.3) is 0 Å². The highest BCUT2D eigenvalue weighted by atomic mass is 32.1. The molecule has 1 aliphatic carbocycles. The molecule has 1 fully saturated rings. The summed E-state index contributed by atoms with van der Waals surface area (Å²) in [5.41, 5.74) is 6.79. The van der Waals surface area contributed by atoms with Crippen LogP contribution in [0.5, 0.6) is 0 Å². The Balaban J connectivity index is 2.11. The monoisotopic (exact) mass is 269 g/mol. The fraction of sp³-hybridized carbons (Fsp3) is 0.769. The van der Waals surface area contributed by atoms with E-state index in [2.05, 4.69) is 11.8 Å². The lowest BCUT2D eigenvalue weighted by Gasteiger charge is -2.20. The summed E-state index contributed by atoms with van der Waals surface area (Å²) in [7, 11) is 1.70. The number of hydrogen-bond acceptors (Lipinski definition) is 5. The Kier molecular flexibility index (Phi) is 4.97. The van der Waals surface area contributed by atoms with Crippen LogP contribution in [0.3, 0.4) is 0 Å². The highest BCUT2D eigenvalue weighted by Crippen LogP contribution is 2.33. The molecule has 0 atom stereocenters. The van der Waals surface area contributed by atoms with E-state index < -0.39 is 0 Å². The summed E-state index contributed by atoms with van der Waals surface area (Å²) in [5.74, 6) is 0.882. The molecule has 0 aliphatic heterocycles. The van der Waals surface area contributed by atoms with Crippen molar-refractivity contribution in [1.29, 1.82) is 0 Å². The van der Waals surface area contributed by atoms with E-state index >= 15 is 0 Å². The molecule has 1 saturated carbocycles. The molecule has 18 heavy (non-hydrogen) atoms. The third-order valence-corrected chi connectivity index (χ3v) is 4.35. The summed E-state index contributed by atoms with van der Waals surface area (Å²) in [4.78, 5) is 8.28. The largest absolute Gasteiger partial charge is 0.378 e. The Labute approximate surface area is 113 Å². The summed E-state index contributed by atoms with van der Waals surface area (Å²) in [5, 5.41) is 1.12. The van der Waals surface area contributed by atoms with Gasteiger partial charge in [-0.2, -0.15) is 0 Å². The van der Waals surface area contributed by atoms with E-state index in [-0.39, 0.29) is 0 Å². The van der Waals surface area contributed by atoms with Gasteiger partial charge in [-0.1, -0.05) is 6.92 Å². The summed E-state index contributed by atoms with van der Waals surface area (Å²) in [6.07, 6.45) is 3.91. The molecular formula is C13H23N3OS. The van der Waals surface area contributed by atoms with Crippen molar-refractivity contribution in [3.8, 4) is 0 Å². The van der Waals surface area contributed by atoms with Gasteiger partial charge in [-0.25, -0.2) is 4.98 Å². The van der Waals surface area contributed by atoms with E-state index in [1.807, 2.05) is 0 Å². The van der Waals surface area contributed by atoms with Crippen molar-refractivity contribution in [2.24, 2.45) is 11.7 Å². The van der Waals surface area contributed by atoms with Gasteiger partial charge in [-0.05, 0) is 25.2 Å². The molecule has 1 aliphatic rings. The number of ether oxygens (including phenoxy) is 1. The Bertz CT molecular complexity index is 376. The average Bonchev–Trinajstić information content (AvgIpc) is 3.09. The zero-order valence-electron chi connectivity index (χ0n) is 11.3. The molecule has 0 saturated heterocycles. The summed E-state index contributed by atoms with van der Waals surface area (Å²) >= 11 is 1.73. The van der Waals surface area contributed by atoms with Gasteiger partial charge >= 0.3 is 0 Å². The number of anilines is 1. The number of thiazole rings is 1. The Morgan fingerprint density at radius 2 is 2.28 bits per heavy atom. The van der Waals surface area contributed by atoms with Crippen molar-refractivity contribution in [1.82, 2.24) is 4.98 Å². The zero-order valence-corrected chi connectivity index (χ0v) is 12.1. The molecule has 102 valence electrons. The SMILES string of the molecule is CCCN(CC1CC1)c1nc(COC)c(CN)s1. The van der Waals surface area contributed by atoms with Gasteiger partial charge in [-0.15, -0.1) is 11.3 Å². The van der Waals surface area contributed by atoms with Crippen molar-refractivity contribution >= 4 is 16.5 Å². The van der Waals surface area contributed by atoms with Crippen LogP contribution in [0.1, 0.15) is 36.8 Å². The summed E-state index contributed by atoms with van der Waals surface area (Å²) in [6.45, 7) is 5.57. The quantitative estimate of drug-likeness (QED) is 0.787. The van der Waals surface area contributed by atoms with E-state index in [1.54, 1.807) is 18.4 Å². The van der Waals surface area contributed by atoms with Gasteiger partial charge < -0.3 is 15.4 Å². The number of rotatable bonds is 8. The molecule has 0 radical (unpaired) electrons. The van der Waals surface area contributed by atoms with Gasteiger partial charge in [0.15, 0.2) is 5.13 Å². The minimum atomic E-state index is 0.555. The number of nitrogens with two attached hydrogens (primary N) is 1. The molecule has 0 amide bonds. The van der Waals surface area contributed by atoms with Crippen LogP contribution >= 0.6 is 11.3 Å². The minimum Gasteiger partial charge on any atom is -0.378 e. The fourth-order valence-corrected chi connectivity index (χ4v) is 3.04. The molecular weight excluding hydrogens is 246 g/mol. The standard InChI is InChI=1S/C13H23N3OS/c1-3-6-16(8-10-4-5-10)13-15-11(9-17-2)12(7-14)18-13/h10H,3-9,14H2,1-2H3. The van der Waals surface area contributed by atoms with Crippen molar-refractivity contribution in [3.05, 3.63) is 10.6 Å². The van der Waals surface area contributed by atoms with E-state index in [0.717, 1.165) is 41.1 Å². The average molecular weight is 269 g/mol. The predicted molar refractivity (Wildman–Crippen MR) is 75.9 cm³/mol. The third-order valence-electron chi connectivity index (χ3n) is 3.17. The van der Waals surface area contributed by atoms with Gasteiger partial charge in [0.1, 0.15) is 0 Å². The number of methoxy groups -OCH3 is 1. The molecule has 4 nitrogen and oxygen atoms in total. The van der Waals surface area contributed by atoms with Crippen molar-refractivity contribution in [3.63, 3.8) is 0 Å². The number of nitrogens with zero attached hydrogens (tertiary/aromatic N) is 2. The van der Waals surface area contributed by atoms with Crippen LogP contribution in [0.2, 0.25) is 0 Å². The van der Waals surface area contributed by atoms with E-state index in [4.69, 9.17) is 15.5 Å². The second kappa shape index (κ2) is 6.50. The van der Waals surface area contributed by atoms with Crippen LogP contribution in [-0.4, -0.2) is 25.2 Å². The Morgan fingerprint density at radius 3 is 2.83 bits per heavy atom. The molecule has 1 aromatic rings. The summed E-state index contributed by atoms with van der Waals surface area (Å²) < 4.78 is 5.19. The van der Waals surface area contributed by atoms with Crippen molar-refractivity contribution < 1.29 is 4.74 Å². The predicted octanol–water partition coefficient (Wildman–Crippen LogP) is 2.37. The highest BCUT2D eigenvalue weighted by molar-refractivity contribution is 7.15. The topological polar surface area (TPSA) is 51.4 Å². The second-order valence-electron chi connectivity index (χ2n) is 4.89. The Hall–Kier alpha value is -0.650. The van der Waals surface area contributed by atoms with Gasteiger partial charge in [-0.3, -0.25) is 0 Å². The fourth-order valence-electron chi connectivity index (χ4n) is 2.06. The molecule has 2 rings (SSSR count). The molecule has 1 aromatic heterocycles. The van der Waals surface area contributed by atoms with Gasteiger partial charge in [0.25, 0.3) is 0 Å². The van der Waals surface area contributed by atoms with E-state index in [0.29, 0.717) is 13.2 Å². The van der Waals surface area contributed by atoms with Crippen LogP contribution in [-0.2, 0) is 17.9 Å². The molecule has 2 N–H and O–H groups in total. The molecule has 5 heteroatoms. The van der Waals surface area contributed by atoms with Gasteiger partial charge in [0.05, 0.1) is 12.3 Å². The lowest BCUT2D eigenvalue weighted by Crippen LogP contribution is -2.26. The first kappa shape index (κ1) is 13.8. The molecule has 0 unspecified atom stereocenters. The van der Waals surface area contributed by atoms with E-state index in [1.165, 1.54) is 12.8 Å². The maximum absolute atomic E-state index is 5.78. The van der Waals surface area contributed by atoms with Crippen LogP contribution in [0.4, 0.5) is 5.13 Å². The first-order valence-electron chi connectivity index (χ1n) is 6.71. The van der Waals surface area contributed by atoms with Crippen molar-refractivity contribution in [2.45, 2.75) is 39.3 Å². The first-order chi connectivity index (χ1) is 8.78.